The van der Waals surface area contributed by atoms with E-state index in [1.165, 1.54) is 32.8 Å². The Balaban J connectivity index is 1.65. The second-order valence-corrected chi connectivity index (χ2v) is 5.84. The van der Waals surface area contributed by atoms with Gasteiger partial charge in [-0.2, -0.15) is 11.8 Å². The van der Waals surface area contributed by atoms with Crippen LogP contribution in [0.1, 0.15) is 32.1 Å². The predicted molar refractivity (Wildman–Crippen MR) is 62.1 cm³/mol. The number of hydrogen-bond acceptors (Lipinski definition) is 4. The lowest BCUT2D eigenvalue weighted by Crippen LogP contribution is -2.39. The van der Waals surface area contributed by atoms with Crippen molar-refractivity contribution in [2.24, 2.45) is 0 Å². The van der Waals surface area contributed by atoms with Crippen molar-refractivity contribution in [1.29, 1.82) is 0 Å². The topological polar surface area (TPSA) is 38.3 Å². The maximum Gasteiger partial charge on any atom is 0.306 e. The molecule has 0 aromatic heterocycles. The number of nitrogens with one attached hydrogen (secondary N) is 1. The van der Waals surface area contributed by atoms with E-state index < -0.39 is 0 Å². The lowest BCUT2D eigenvalue weighted by molar-refractivity contribution is -0.140. The van der Waals surface area contributed by atoms with Gasteiger partial charge in [0, 0.05) is 23.1 Å². The molecule has 2 bridgehead atoms. The maximum absolute atomic E-state index is 10.9. The van der Waals surface area contributed by atoms with Gasteiger partial charge in [-0.05, 0) is 25.7 Å². The number of piperidine rings is 1. The number of fused-ring (bicyclic) bond motifs is 2. The van der Waals surface area contributed by atoms with E-state index in [4.69, 9.17) is 0 Å². The molecule has 2 fully saturated rings. The molecule has 2 saturated heterocycles. The van der Waals surface area contributed by atoms with Crippen molar-refractivity contribution >= 4 is 17.7 Å². The van der Waals surface area contributed by atoms with Crippen LogP contribution in [0.4, 0.5) is 0 Å². The molecule has 2 aliphatic heterocycles. The van der Waals surface area contributed by atoms with Gasteiger partial charge in [-0.3, -0.25) is 4.79 Å². The van der Waals surface area contributed by atoms with Gasteiger partial charge in [0.15, 0.2) is 0 Å². The Morgan fingerprint density at radius 2 is 2.07 bits per heavy atom. The molecule has 4 heteroatoms. The highest BCUT2D eigenvalue weighted by Gasteiger charge is 2.33. The first-order chi connectivity index (χ1) is 7.28. The fourth-order valence-corrected chi connectivity index (χ4v) is 3.91. The standard InChI is InChI=1S/C11H19NO2S/c1-14-11(13)4-5-15-10-6-8-2-3-9(7-10)12-8/h8-10,12H,2-7H2,1H3. The largest absolute Gasteiger partial charge is 0.469 e. The quantitative estimate of drug-likeness (QED) is 0.743. The first-order valence-corrected chi connectivity index (χ1v) is 6.77. The number of thioether (sulfide) groups is 1. The van der Waals surface area contributed by atoms with Gasteiger partial charge >= 0.3 is 5.97 Å². The van der Waals surface area contributed by atoms with Gasteiger partial charge in [0.2, 0.25) is 0 Å². The molecular weight excluding hydrogens is 210 g/mol. The van der Waals surface area contributed by atoms with E-state index in [0.717, 1.165) is 23.1 Å². The van der Waals surface area contributed by atoms with Crippen molar-refractivity contribution in [2.45, 2.75) is 49.4 Å². The average molecular weight is 229 g/mol. The van der Waals surface area contributed by atoms with Crippen LogP contribution in [0, 0.1) is 0 Å². The van der Waals surface area contributed by atoms with Crippen molar-refractivity contribution in [3.05, 3.63) is 0 Å². The van der Waals surface area contributed by atoms with E-state index >= 15 is 0 Å². The van der Waals surface area contributed by atoms with E-state index in [9.17, 15) is 4.79 Å². The van der Waals surface area contributed by atoms with Crippen molar-refractivity contribution in [2.75, 3.05) is 12.9 Å². The number of methoxy groups -OCH3 is 1. The summed E-state index contributed by atoms with van der Waals surface area (Å²) in [5, 5.41) is 4.38. The summed E-state index contributed by atoms with van der Waals surface area (Å²) in [4.78, 5) is 10.9. The first-order valence-electron chi connectivity index (χ1n) is 5.72. The number of esters is 1. The highest BCUT2D eigenvalue weighted by atomic mass is 32.2. The summed E-state index contributed by atoms with van der Waals surface area (Å²) in [6, 6.07) is 1.50. The van der Waals surface area contributed by atoms with Gasteiger partial charge in [-0.15, -0.1) is 0 Å². The monoisotopic (exact) mass is 229 g/mol. The van der Waals surface area contributed by atoms with Crippen LogP contribution in [0.5, 0.6) is 0 Å². The van der Waals surface area contributed by atoms with Crippen molar-refractivity contribution in [1.82, 2.24) is 5.32 Å². The first kappa shape index (κ1) is 11.3. The van der Waals surface area contributed by atoms with Gasteiger partial charge < -0.3 is 10.1 Å². The zero-order valence-electron chi connectivity index (χ0n) is 9.20. The fraction of sp³-hybridized carbons (Fsp3) is 0.909. The van der Waals surface area contributed by atoms with Crippen LogP contribution in [0.2, 0.25) is 0 Å². The van der Waals surface area contributed by atoms with Crippen molar-refractivity contribution in [3.8, 4) is 0 Å². The summed E-state index contributed by atoms with van der Waals surface area (Å²) in [5.41, 5.74) is 0. The summed E-state index contributed by atoms with van der Waals surface area (Å²) in [7, 11) is 1.46. The normalized spacial score (nSPS) is 34.1. The third-order valence-electron chi connectivity index (χ3n) is 3.32. The van der Waals surface area contributed by atoms with Gasteiger partial charge in [0.1, 0.15) is 0 Å². The number of rotatable bonds is 4. The summed E-state index contributed by atoms with van der Waals surface area (Å²) in [5.74, 6) is 0.830. The Kier molecular flexibility index (Phi) is 3.92. The average Bonchev–Trinajstić information content (AvgIpc) is 2.58. The Morgan fingerprint density at radius 3 is 2.67 bits per heavy atom. The minimum Gasteiger partial charge on any atom is -0.469 e. The summed E-state index contributed by atoms with van der Waals surface area (Å²) in [6.45, 7) is 0. The number of ether oxygens (including phenoxy) is 1. The van der Waals surface area contributed by atoms with Gasteiger partial charge in [-0.25, -0.2) is 0 Å². The summed E-state index contributed by atoms with van der Waals surface area (Å²) in [6.07, 6.45) is 5.81. The minimum atomic E-state index is -0.0839. The van der Waals surface area contributed by atoms with E-state index in [1.54, 1.807) is 0 Å². The van der Waals surface area contributed by atoms with E-state index in [0.29, 0.717) is 6.42 Å². The highest BCUT2D eigenvalue weighted by Crippen LogP contribution is 2.33. The molecule has 15 heavy (non-hydrogen) atoms. The zero-order valence-corrected chi connectivity index (χ0v) is 10.0. The Labute approximate surface area is 95.3 Å². The van der Waals surface area contributed by atoms with Crippen LogP contribution < -0.4 is 5.32 Å². The molecule has 0 aromatic rings. The third kappa shape index (κ3) is 3.11. The minimum absolute atomic E-state index is 0.0839. The lowest BCUT2D eigenvalue weighted by atomic mass is 10.1. The Morgan fingerprint density at radius 1 is 1.40 bits per heavy atom. The smallest absolute Gasteiger partial charge is 0.306 e. The molecule has 0 amide bonds. The van der Waals surface area contributed by atoms with Crippen LogP contribution in [0.3, 0.4) is 0 Å². The van der Waals surface area contributed by atoms with E-state index in [2.05, 4.69) is 10.1 Å². The molecule has 0 radical (unpaired) electrons. The molecule has 0 aromatic carbocycles. The molecule has 3 nitrogen and oxygen atoms in total. The predicted octanol–water partition coefficient (Wildman–Crippen LogP) is 1.57. The van der Waals surface area contributed by atoms with Gasteiger partial charge in [-0.1, -0.05) is 0 Å². The van der Waals surface area contributed by atoms with Gasteiger partial charge in [0.05, 0.1) is 13.5 Å². The van der Waals surface area contributed by atoms with Crippen LogP contribution in [-0.4, -0.2) is 36.2 Å². The molecule has 2 atom stereocenters. The molecule has 0 aliphatic carbocycles. The molecule has 2 rings (SSSR count). The Hall–Kier alpha value is -0.220. The van der Waals surface area contributed by atoms with E-state index in [1.807, 2.05) is 11.8 Å². The SMILES string of the molecule is COC(=O)CCSC1CC2CCC(C1)N2. The molecule has 0 saturated carbocycles. The molecule has 0 spiro atoms. The van der Waals surface area contributed by atoms with E-state index in [-0.39, 0.29) is 5.97 Å². The number of carbonyl (C=O) groups is 1. The molecule has 86 valence electrons. The molecule has 2 aliphatic rings. The van der Waals surface area contributed by atoms with Crippen molar-refractivity contribution < 1.29 is 9.53 Å². The second-order valence-electron chi connectivity index (χ2n) is 4.43. The van der Waals surface area contributed by atoms with Crippen LogP contribution in [0.25, 0.3) is 0 Å². The van der Waals surface area contributed by atoms with Gasteiger partial charge in [0.25, 0.3) is 0 Å². The Bertz CT molecular complexity index is 223. The second kappa shape index (κ2) is 5.21. The molecule has 2 unspecified atom stereocenters. The van der Waals surface area contributed by atoms with Crippen LogP contribution in [-0.2, 0) is 9.53 Å². The lowest BCUT2D eigenvalue weighted by Gasteiger charge is -2.28. The number of hydrogen-bond donors (Lipinski definition) is 1. The van der Waals surface area contributed by atoms with Crippen LogP contribution in [0.15, 0.2) is 0 Å². The van der Waals surface area contributed by atoms with Crippen LogP contribution >= 0.6 is 11.8 Å². The summed E-state index contributed by atoms with van der Waals surface area (Å²) < 4.78 is 4.63. The molecular formula is C11H19NO2S. The fourth-order valence-electron chi connectivity index (χ4n) is 2.55. The maximum atomic E-state index is 10.9. The molecule has 1 N–H and O–H groups in total. The molecule has 2 heterocycles. The highest BCUT2D eigenvalue weighted by molar-refractivity contribution is 7.99. The third-order valence-corrected chi connectivity index (χ3v) is 4.61. The zero-order chi connectivity index (χ0) is 10.7. The number of carbonyl (C=O) groups excluding carboxylic acids is 1. The van der Waals surface area contributed by atoms with Crippen molar-refractivity contribution in [3.63, 3.8) is 0 Å². The summed E-state index contributed by atoms with van der Waals surface area (Å²) >= 11 is 1.95.